The zero-order chi connectivity index (χ0) is 14.2. The Labute approximate surface area is 110 Å². The van der Waals surface area contributed by atoms with Gasteiger partial charge < -0.3 is 11.5 Å². The first-order valence-corrected chi connectivity index (χ1v) is 7.11. The van der Waals surface area contributed by atoms with E-state index in [1.54, 1.807) is 0 Å². The Bertz CT molecular complexity index is 618. The number of nitrogen functional groups attached to an aromatic ring is 1. The van der Waals surface area contributed by atoms with Crippen LogP contribution >= 0.6 is 0 Å². The van der Waals surface area contributed by atoms with Crippen molar-refractivity contribution >= 4 is 21.6 Å². The molecular formula is C11H14FN3O3S. The number of hydrogen-bond donors (Lipinski definition) is 2. The number of sulfonamides is 1. The summed E-state index contributed by atoms with van der Waals surface area (Å²) in [7, 11) is -3.99. The van der Waals surface area contributed by atoms with Gasteiger partial charge in [-0.15, -0.1) is 0 Å². The molecule has 0 saturated carbocycles. The summed E-state index contributed by atoms with van der Waals surface area (Å²) in [4.78, 5) is 10.6. The Morgan fingerprint density at radius 3 is 2.68 bits per heavy atom. The molecule has 1 heterocycles. The maximum absolute atomic E-state index is 13.6. The molecule has 0 spiro atoms. The van der Waals surface area contributed by atoms with Gasteiger partial charge in [0.05, 0.1) is 5.92 Å². The predicted octanol–water partition coefficient (Wildman–Crippen LogP) is -0.0962. The fourth-order valence-corrected chi connectivity index (χ4v) is 3.64. The van der Waals surface area contributed by atoms with Gasteiger partial charge in [-0.2, -0.15) is 4.31 Å². The second kappa shape index (κ2) is 4.78. The Morgan fingerprint density at radius 1 is 1.42 bits per heavy atom. The van der Waals surface area contributed by atoms with Crippen molar-refractivity contribution in [3.63, 3.8) is 0 Å². The molecule has 1 unspecified atom stereocenters. The number of rotatable bonds is 3. The molecule has 6 nitrogen and oxygen atoms in total. The molecule has 1 saturated heterocycles. The Balaban J connectivity index is 2.33. The van der Waals surface area contributed by atoms with E-state index in [1.807, 2.05) is 0 Å². The van der Waals surface area contributed by atoms with Crippen LogP contribution in [-0.4, -0.2) is 31.7 Å². The number of amides is 1. The van der Waals surface area contributed by atoms with Crippen LogP contribution in [0, 0.1) is 11.7 Å². The van der Waals surface area contributed by atoms with Crippen LogP contribution in [-0.2, 0) is 14.8 Å². The second-order valence-corrected chi connectivity index (χ2v) is 6.35. The first-order chi connectivity index (χ1) is 8.82. The summed E-state index contributed by atoms with van der Waals surface area (Å²) in [6.45, 7) is 0.121. The van der Waals surface area contributed by atoms with Crippen molar-refractivity contribution in [2.45, 2.75) is 11.3 Å². The van der Waals surface area contributed by atoms with Crippen LogP contribution in [0.3, 0.4) is 0 Å². The third-order valence-corrected chi connectivity index (χ3v) is 5.01. The second-order valence-electron chi connectivity index (χ2n) is 4.44. The van der Waals surface area contributed by atoms with E-state index < -0.39 is 32.6 Å². The van der Waals surface area contributed by atoms with Crippen LogP contribution in [0.15, 0.2) is 23.1 Å². The van der Waals surface area contributed by atoms with E-state index in [2.05, 4.69) is 0 Å². The first kappa shape index (κ1) is 13.8. The fourth-order valence-electron chi connectivity index (χ4n) is 2.04. The molecule has 1 aromatic rings. The summed E-state index contributed by atoms with van der Waals surface area (Å²) >= 11 is 0. The number of nitrogens with two attached hydrogens (primary N) is 2. The SMILES string of the molecule is NC(=O)C1CCN(S(=O)(=O)c2cc(N)ccc2F)C1. The number of carbonyl (C=O) groups is 1. The van der Waals surface area contributed by atoms with Gasteiger partial charge in [0, 0.05) is 18.8 Å². The molecule has 0 aromatic heterocycles. The van der Waals surface area contributed by atoms with E-state index in [0.29, 0.717) is 6.42 Å². The standard InChI is InChI=1S/C11H14FN3O3S/c12-9-2-1-8(13)5-10(9)19(17,18)15-4-3-7(6-15)11(14)16/h1-2,5,7H,3-4,6,13H2,(H2,14,16). The monoisotopic (exact) mass is 287 g/mol. The molecule has 0 aliphatic carbocycles. The molecule has 1 fully saturated rings. The molecule has 1 atom stereocenters. The average molecular weight is 287 g/mol. The molecule has 104 valence electrons. The van der Waals surface area contributed by atoms with Gasteiger partial charge in [0.2, 0.25) is 15.9 Å². The Kier molecular flexibility index (Phi) is 3.46. The highest BCUT2D eigenvalue weighted by Gasteiger charge is 2.36. The smallest absolute Gasteiger partial charge is 0.246 e. The van der Waals surface area contributed by atoms with Gasteiger partial charge in [0.15, 0.2) is 0 Å². The zero-order valence-corrected chi connectivity index (χ0v) is 10.9. The van der Waals surface area contributed by atoms with Crippen LogP contribution in [0.2, 0.25) is 0 Å². The van der Waals surface area contributed by atoms with Crippen LogP contribution in [0.4, 0.5) is 10.1 Å². The molecule has 4 N–H and O–H groups in total. The molecular weight excluding hydrogens is 273 g/mol. The highest BCUT2D eigenvalue weighted by Crippen LogP contribution is 2.26. The van der Waals surface area contributed by atoms with Crippen molar-refractivity contribution in [1.29, 1.82) is 0 Å². The van der Waals surface area contributed by atoms with Crippen molar-refractivity contribution in [2.24, 2.45) is 11.7 Å². The number of anilines is 1. The minimum atomic E-state index is -3.99. The van der Waals surface area contributed by atoms with E-state index in [4.69, 9.17) is 11.5 Å². The van der Waals surface area contributed by atoms with Gasteiger partial charge in [-0.25, -0.2) is 12.8 Å². The third-order valence-electron chi connectivity index (χ3n) is 3.13. The van der Waals surface area contributed by atoms with Gasteiger partial charge >= 0.3 is 0 Å². The summed E-state index contributed by atoms with van der Waals surface area (Å²) < 4.78 is 39.2. The maximum atomic E-state index is 13.6. The minimum absolute atomic E-state index is 0.0219. The van der Waals surface area contributed by atoms with E-state index in [-0.39, 0.29) is 18.8 Å². The summed E-state index contributed by atoms with van der Waals surface area (Å²) in [5, 5.41) is 0. The fraction of sp³-hybridized carbons (Fsp3) is 0.364. The summed E-state index contributed by atoms with van der Waals surface area (Å²) in [6, 6.07) is 3.36. The van der Waals surface area contributed by atoms with Gasteiger partial charge in [-0.3, -0.25) is 4.79 Å². The van der Waals surface area contributed by atoms with Crippen LogP contribution in [0.25, 0.3) is 0 Å². The largest absolute Gasteiger partial charge is 0.399 e. The topological polar surface area (TPSA) is 106 Å². The van der Waals surface area contributed by atoms with E-state index >= 15 is 0 Å². The van der Waals surface area contributed by atoms with E-state index in [9.17, 15) is 17.6 Å². The van der Waals surface area contributed by atoms with Crippen molar-refractivity contribution in [3.8, 4) is 0 Å². The van der Waals surface area contributed by atoms with Gasteiger partial charge in [-0.05, 0) is 24.6 Å². The molecule has 1 aliphatic rings. The Morgan fingerprint density at radius 2 is 2.11 bits per heavy atom. The molecule has 0 bridgehead atoms. The molecule has 8 heteroatoms. The quantitative estimate of drug-likeness (QED) is 0.757. The lowest BCUT2D eigenvalue weighted by Gasteiger charge is -2.16. The maximum Gasteiger partial charge on any atom is 0.246 e. The number of halogens is 1. The molecule has 1 aliphatic heterocycles. The molecule has 2 rings (SSSR count). The summed E-state index contributed by atoms with van der Waals surface area (Å²) in [6.07, 6.45) is 0.346. The molecule has 1 amide bonds. The normalized spacial score (nSPS) is 20.6. The Hall–Kier alpha value is -1.67. The predicted molar refractivity (Wildman–Crippen MR) is 66.9 cm³/mol. The van der Waals surface area contributed by atoms with Crippen molar-refractivity contribution < 1.29 is 17.6 Å². The lowest BCUT2D eigenvalue weighted by Crippen LogP contribution is -2.32. The number of nitrogens with zero attached hydrogens (tertiary/aromatic N) is 1. The first-order valence-electron chi connectivity index (χ1n) is 5.67. The highest BCUT2D eigenvalue weighted by molar-refractivity contribution is 7.89. The average Bonchev–Trinajstić information content (AvgIpc) is 2.82. The summed E-state index contributed by atoms with van der Waals surface area (Å²) in [5.41, 5.74) is 10.8. The van der Waals surface area contributed by atoms with E-state index in [1.165, 1.54) is 6.07 Å². The van der Waals surface area contributed by atoms with E-state index in [0.717, 1.165) is 16.4 Å². The minimum Gasteiger partial charge on any atom is -0.399 e. The summed E-state index contributed by atoms with van der Waals surface area (Å²) in [5.74, 6) is -1.94. The lowest BCUT2D eigenvalue weighted by atomic mass is 10.1. The number of hydrogen-bond acceptors (Lipinski definition) is 4. The van der Waals surface area contributed by atoms with Crippen LogP contribution < -0.4 is 11.5 Å². The lowest BCUT2D eigenvalue weighted by molar-refractivity contribution is -0.121. The van der Waals surface area contributed by atoms with Gasteiger partial charge in [0.1, 0.15) is 10.7 Å². The van der Waals surface area contributed by atoms with Gasteiger partial charge in [-0.1, -0.05) is 0 Å². The molecule has 0 radical (unpaired) electrons. The number of benzene rings is 1. The molecule has 1 aromatic carbocycles. The van der Waals surface area contributed by atoms with Crippen LogP contribution in [0.5, 0.6) is 0 Å². The van der Waals surface area contributed by atoms with Crippen molar-refractivity contribution in [1.82, 2.24) is 4.31 Å². The van der Waals surface area contributed by atoms with Crippen molar-refractivity contribution in [2.75, 3.05) is 18.8 Å². The number of carbonyl (C=O) groups excluding carboxylic acids is 1. The number of primary amides is 1. The third kappa shape index (κ3) is 2.54. The van der Waals surface area contributed by atoms with Crippen LogP contribution in [0.1, 0.15) is 6.42 Å². The molecule has 19 heavy (non-hydrogen) atoms. The highest BCUT2D eigenvalue weighted by atomic mass is 32.2. The van der Waals surface area contributed by atoms with Crippen molar-refractivity contribution in [3.05, 3.63) is 24.0 Å². The zero-order valence-electron chi connectivity index (χ0n) is 10.0. The van der Waals surface area contributed by atoms with Gasteiger partial charge in [0.25, 0.3) is 0 Å².